The number of methoxy groups -OCH3 is 2. The second-order valence-corrected chi connectivity index (χ2v) is 5.55. The van der Waals surface area contributed by atoms with Crippen LogP contribution < -0.4 is 20.5 Å². The number of halogens is 1. The Morgan fingerprint density at radius 2 is 1.72 bits per heavy atom. The van der Waals surface area contributed by atoms with E-state index >= 15 is 0 Å². The third kappa shape index (κ3) is 6.81. The van der Waals surface area contributed by atoms with E-state index in [4.69, 9.17) is 15.2 Å². The molecule has 0 saturated heterocycles. The molecule has 2 aromatic rings. The molecule has 0 aliphatic carbocycles. The smallest absolute Gasteiger partial charge is 0.193 e. The van der Waals surface area contributed by atoms with Crippen molar-refractivity contribution in [2.24, 2.45) is 10.7 Å². The van der Waals surface area contributed by atoms with Crippen LogP contribution in [0.4, 0.5) is 5.69 Å². The second kappa shape index (κ2) is 10.8. The molecular weight excluding hydrogens is 429 g/mol. The lowest BCUT2D eigenvalue weighted by molar-refractivity contribution is 0.354. The van der Waals surface area contributed by atoms with Crippen LogP contribution in [0.5, 0.6) is 11.5 Å². The van der Waals surface area contributed by atoms with Crippen molar-refractivity contribution >= 4 is 35.6 Å². The molecule has 3 N–H and O–H groups in total. The normalized spacial score (nSPS) is 10.8. The van der Waals surface area contributed by atoms with E-state index in [-0.39, 0.29) is 24.0 Å². The van der Waals surface area contributed by atoms with Gasteiger partial charge >= 0.3 is 0 Å². The molecule has 2 aromatic carbocycles. The van der Waals surface area contributed by atoms with E-state index in [0.717, 1.165) is 30.0 Å². The van der Waals surface area contributed by atoms with Gasteiger partial charge in [-0.1, -0.05) is 23.8 Å². The number of nitrogens with two attached hydrogens (primary N) is 1. The first-order chi connectivity index (χ1) is 11.6. The average molecular weight is 455 g/mol. The van der Waals surface area contributed by atoms with Crippen molar-refractivity contribution in [2.45, 2.75) is 19.8 Å². The Hall–Kier alpha value is -1.96. The highest BCUT2D eigenvalue weighted by Gasteiger charge is 2.04. The van der Waals surface area contributed by atoms with Crippen LogP contribution in [0, 0.1) is 6.92 Å². The Bertz CT molecular complexity index is 688. The molecule has 0 atom stereocenters. The first-order valence-electron chi connectivity index (χ1n) is 7.97. The lowest BCUT2D eigenvalue weighted by Crippen LogP contribution is -2.22. The van der Waals surface area contributed by atoms with Crippen LogP contribution in [0.15, 0.2) is 47.5 Å². The SMILES string of the molecule is COc1ccc(CCCN=C(N)Nc2ccc(C)cc2)cc1OC.I. The van der Waals surface area contributed by atoms with Crippen molar-refractivity contribution in [2.75, 3.05) is 26.1 Å². The molecule has 5 nitrogen and oxygen atoms in total. The third-order valence-electron chi connectivity index (χ3n) is 3.68. The Morgan fingerprint density at radius 1 is 1.04 bits per heavy atom. The number of anilines is 1. The van der Waals surface area contributed by atoms with Crippen molar-refractivity contribution in [1.82, 2.24) is 0 Å². The number of rotatable bonds is 7. The van der Waals surface area contributed by atoms with Gasteiger partial charge in [-0.15, -0.1) is 24.0 Å². The molecule has 0 amide bonds. The summed E-state index contributed by atoms with van der Waals surface area (Å²) in [6, 6.07) is 14.0. The molecule has 0 spiro atoms. The first-order valence-corrected chi connectivity index (χ1v) is 7.97. The predicted molar refractivity (Wildman–Crippen MR) is 115 cm³/mol. The summed E-state index contributed by atoms with van der Waals surface area (Å²) in [6.07, 6.45) is 1.81. The number of benzene rings is 2. The number of nitrogens with one attached hydrogen (secondary N) is 1. The third-order valence-corrected chi connectivity index (χ3v) is 3.68. The van der Waals surface area contributed by atoms with Crippen molar-refractivity contribution in [1.29, 1.82) is 0 Å². The van der Waals surface area contributed by atoms with E-state index in [0.29, 0.717) is 12.5 Å². The molecule has 0 radical (unpaired) electrons. The van der Waals surface area contributed by atoms with Crippen LogP contribution in [0.25, 0.3) is 0 Å². The van der Waals surface area contributed by atoms with Gasteiger partial charge in [-0.25, -0.2) is 0 Å². The highest BCUT2D eigenvalue weighted by Crippen LogP contribution is 2.27. The minimum atomic E-state index is 0. The molecule has 0 saturated carbocycles. The van der Waals surface area contributed by atoms with Gasteiger partial charge in [0.05, 0.1) is 14.2 Å². The van der Waals surface area contributed by atoms with Crippen molar-refractivity contribution in [3.8, 4) is 11.5 Å². The highest BCUT2D eigenvalue weighted by molar-refractivity contribution is 14.0. The van der Waals surface area contributed by atoms with Gasteiger partial charge < -0.3 is 20.5 Å². The molecule has 136 valence electrons. The molecule has 6 heteroatoms. The van der Waals surface area contributed by atoms with Gasteiger partial charge in [0.2, 0.25) is 0 Å². The molecule has 0 aliphatic heterocycles. The fourth-order valence-corrected chi connectivity index (χ4v) is 2.34. The van der Waals surface area contributed by atoms with Gasteiger partial charge in [0.25, 0.3) is 0 Å². The van der Waals surface area contributed by atoms with Crippen molar-refractivity contribution in [3.63, 3.8) is 0 Å². The van der Waals surface area contributed by atoms with E-state index in [1.54, 1.807) is 14.2 Å². The summed E-state index contributed by atoms with van der Waals surface area (Å²) in [5.74, 6) is 1.93. The molecule has 0 aromatic heterocycles. The fraction of sp³-hybridized carbons (Fsp3) is 0.316. The quantitative estimate of drug-likeness (QED) is 0.287. The number of aliphatic imine (C=N–C) groups is 1. The summed E-state index contributed by atoms with van der Waals surface area (Å²) in [4.78, 5) is 4.36. The van der Waals surface area contributed by atoms with Crippen LogP contribution >= 0.6 is 24.0 Å². The molecular formula is C19H26IN3O2. The summed E-state index contributed by atoms with van der Waals surface area (Å²) in [6.45, 7) is 2.72. The number of hydrogen-bond donors (Lipinski definition) is 2. The van der Waals surface area contributed by atoms with Crippen LogP contribution in [-0.4, -0.2) is 26.7 Å². The summed E-state index contributed by atoms with van der Waals surface area (Å²) in [7, 11) is 3.28. The minimum Gasteiger partial charge on any atom is -0.493 e. The Morgan fingerprint density at radius 3 is 2.36 bits per heavy atom. The fourth-order valence-electron chi connectivity index (χ4n) is 2.34. The van der Waals surface area contributed by atoms with Gasteiger partial charge in [-0.05, 0) is 49.6 Å². The molecule has 2 rings (SSSR count). The van der Waals surface area contributed by atoms with E-state index < -0.39 is 0 Å². The maximum absolute atomic E-state index is 5.91. The lowest BCUT2D eigenvalue weighted by Gasteiger charge is -2.09. The van der Waals surface area contributed by atoms with Crippen LogP contribution in [-0.2, 0) is 6.42 Å². The number of nitrogens with zero attached hydrogens (tertiary/aromatic N) is 1. The molecule has 0 bridgehead atoms. The molecule has 0 fully saturated rings. The largest absolute Gasteiger partial charge is 0.493 e. The van der Waals surface area contributed by atoms with Crippen LogP contribution in [0.3, 0.4) is 0 Å². The summed E-state index contributed by atoms with van der Waals surface area (Å²) in [5, 5.41) is 3.09. The lowest BCUT2D eigenvalue weighted by atomic mass is 10.1. The van der Waals surface area contributed by atoms with Gasteiger partial charge in [0.1, 0.15) is 0 Å². The maximum Gasteiger partial charge on any atom is 0.193 e. The van der Waals surface area contributed by atoms with Crippen LogP contribution in [0.1, 0.15) is 17.5 Å². The molecule has 0 heterocycles. The van der Waals surface area contributed by atoms with Crippen LogP contribution in [0.2, 0.25) is 0 Å². The molecule has 25 heavy (non-hydrogen) atoms. The zero-order valence-electron chi connectivity index (χ0n) is 14.9. The average Bonchev–Trinajstić information content (AvgIpc) is 2.60. The van der Waals surface area contributed by atoms with Crippen molar-refractivity contribution in [3.05, 3.63) is 53.6 Å². The Labute approximate surface area is 166 Å². The van der Waals surface area contributed by atoms with Crippen molar-refractivity contribution < 1.29 is 9.47 Å². The number of hydrogen-bond acceptors (Lipinski definition) is 3. The van der Waals surface area contributed by atoms with Gasteiger partial charge in [-0.3, -0.25) is 4.99 Å². The topological polar surface area (TPSA) is 68.9 Å². The van der Waals surface area contributed by atoms with Gasteiger partial charge in [0, 0.05) is 12.2 Å². The minimum absolute atomic E-state index is 0. The van der Waals surface area contributed by atoms with Gasteiger partial charge in [-0.2, -0.15) is 0 Å². The zero-order valence-corrected chi connectivity index (χ0v) is 17.2. The first kappa shape index (κ1) is 21.1. The molecule has 0 unspecified atom stereocenters. The zero-order chi connectivity index (χ0) is 17.4. The standard InChI is InChI=1S/C19H25N3O2.HI/c1-14-6-9-16(10-7-14)22-19(20)21-12-4-5-15-8-11-17(23-2)18(13-15)24-3;/h6-11,13H,4-5,12H2,1-3H3,(H3,20,21,22);1H. The van der Waals surface area contributed by atoms with E-state index in [2.05, 4.69) is 17.2 Å². The Balaban J connectivity index is 0.00000312. The second-order valence-electron chi connectivity index (χ2n) is 5.55. The van der Waals surface area contributed by atoms with E-state index in [1.807, 2.05) is 42.5 Å². The van der Waals surface area contributed by atoms with E-state index in [9.17, 15) is 0 Å². The highest BCUT2D eigenvalue weighted by atomic mass is 127. The number of guanidine groups is 1. The monoisotopic (exact) mass is 455 g/mol. The Kier molecular flexibility index (Phi) is 9.12. The predicted octanol–water partition coefficient (Wildman–Crippen LogP) is 3.99. The summed E-state index contributed by atoms with van der Waals surface area (Å²) >= 11 is 0. The summed E-state index contributed by atoms with van der Waals surface area (Å²) in [5.41, 5.74) is 9.26. The van der Waals surface area contributed by atoms with Gasteiger partial charge in [0.15, 0.2) is 17.5 Å². The summed E-state index contributed by atoms with van der Waals surface area (Å²) < 4.78 is 10.6. The maximum atomic E-state index is 5.91. The molecule has 0 aliphatic rings. The number of ether oxygens (including phenoxy) is 2. The number of aryl methyl sites for hydroxylation is 2. The van der Waals surface area contributed by atoms with E-state index in [1.165, 1.54) is 11.1 Å².